The van der Waals surface area contributed by atoms with E-state index in [1.165, 1.54) is 35.5 Å². The number of nitro groups is 1. The smallest absolute Gasteiger partial charge is 0.289 e. The number of thioether (sulfide) groups is 1. The van der Waals surface area contributed by atoms with Gasteiger partial charge in [-0.05, 0) is 56.2 Å². The molecule has 1 N–H and O–H groups in total. The van der Waals surface area contributed by atoms with Crippen molar-refractivity contribution < 1.29 is 14.5 Å². The number of amides is 1. The van der Waals surface area contributed by atoms with Crippen LogP contribution in [-0.4, -0.2) is 31.3 Å². The van der Waals surface area contributed by atoms with Crippen LogP contribution in [0.1, 0.15) is 23.9 Å². The van der Waals surface area contributed by atoms with Crippen molar-refractivity contribution in [1.29, 1.82) is 0 Å². The van der Waals surface area contributed by atoms with Crippen LogP contribution < -0.4 is 10.1 Å². The first-order valence-electron chi connectivity index (χ1n) is 9.77. The van der Waals surface area contributed by atoms with E-state index >= 15 is 0 Å². The average Bonchev–Trinajstić information content (AvgIpc) is 3.16. The minimum absolute atomic E-state index is 0.00830. The number of carbonyl (C=O) groups excluding carboxylic acids is 1. The highest BCUT2D eigenvalue weighted by Crippen LogP contribution is 2.27. The summed E-state index contributed by atoms with van der Waals surface area (Å²) in [6, 6.07) is 10.00. The van der Waals surface area contributed by atoms with Crippen molar-refractivity contribution in [2.45, 2.75) is 39.1 Å². The summed E-state index contributed by atoms with van der Waals surface area (Å²) in [5.41, 5.74) is 2.37. The SMILES string of the molecule is CCn1c(COc2ccc(C)c(C)c2)nnc1SCC(=O)Nc1ccc(Cl)c([N+](=O)[O-])c1. The Morgan fingerprint density at radius 3 is 2.69 bits per heavy atom. The fourth-order valence-corrected chi connectivity index (χ4v) is 3.87. The molecule has 11 heteroatoms. The summed E-state index contributed by atoms with van der Waals surface area (Å²) in [7, 11) is 0. The Balaban J connectivity index is 1.60. The lowest BCUT2D eigenvalue weighted by Crippen LogP contribution is -2.15. The Labute approximate surface area is 194 Å². The Morgan fingerprint density at radius 2 is 2.00 bits per heavy atom. The molecule has 3 rings (SSSR count). The van der Waals surface area contributed by atoms with Gasteiger partial charge in [-0.3, -0.25) is 14.9 Å². The summed E-state index contributed by atoms with van der Waals surface area (Å²) in [5.74, 6) is 1.14. The molecule has 0 aliphatic rings. The number of ether oxygens (including phenoxy) is 1. The van der Waals surface area contributed by atoms with Gasteiger partial charge in [-0.15, -0.1) is 10.2 Å². The molecular formula is C21H22ClN5O4S. The molecule has 1 aromatic heterocycles. The molecule has 2 aromatic carbocycles. The number of aryl methyl sites for hydroxylation is 2. The van der Waals surface area contributed by atoms with E-state index in [0.717, 1.165) is 11.3 Å². The van der Waals surface area contributed by atoms with Crippen LogP contribution in [0.4, 0.5) is 11.4 Å². The number of hydrogen-bond acceptors (Lipinski definition) is 7. The third-order valence-corrected chi connectivity index (χ3v) is 6.00. The van der Waals surface area contributed by atoms with Gasteiger partial charge in [0.15, 0.2) is 11.0 Å². The molecule has 0 atom stereocenters. The van der Waals surface area contributed by atoms with E-state index in [1.54, 1.807) is 0 Å². The van der Waals surface area contributed by atoms with Gasteiger partial charge in [-0.2, -0.15) is 0 Å². The van der Waals surface area contributed by atoms with Crippen LogP contribution in [0.3, 0.4) is 0 Å². The molecule has 0 aliphatic carbocycles. The predicted molar refractivity (Wildman–Crippen MR) is 123 cm³/mol. The minimum atomic E-state index is -0.599. The van der Waals surface area contributed by atoms with Gasteiger partial charge in [0.25, 0.3) is 5.69 Å². The van der Waals surface area contributed by atoms with Crippen molar-refractivity contribution in [3.05, 3.63) is 68.5 Å². The number of anilines is 1. The van der Waals surface area contributed by atoms with Crippen LogP contribution in [-0.2, 0) is 17.9 Å². The first-order chi connectivity index (χ1) is 15.3. The molecular weight excluding hydrogens is 454 g/mol. The van der Waals surface area contributed by atoms with Crippen molar-refractivity contribution in [2.24, 2.45) is 0 Å². The molecule has 0 unspecified atom stereocenters. The normalized spacial score (nSPS) is 10.8. The van der Waals surface area contributed by atoms with Gasteiger partial charge in [0.2, 0.25) is 5.91 Å². The summed E-state index contributed by atoms with van der Waals surface area (Å²) in [6.07, 6.45) is 0. The number of carbonyl (C=O) groups is 1. The van der Waals surface area contributed by atoms with Crippen molar-refractivity contribution in [1.82, 2.24) is 14.8 Å². The van der Waals surface area contributed by atoms with E-state index in [0.29, 0.717) is 23.2 Å². The standard InChI is InChI=1S/C21H22ClN5O4S/c1-4-26-19(11-31-16-7-5-13(2)14(3)9-16)24-25-21(26)32-12-20(28)23-15-6-8-17(22)18(10-15)27(29)30/h5-10H,4,11-12H2,1-3H3,(H,23,28). The Hall–Kier alpha value is -3.11. The zero-order valence-corrected chi connectivity index (χ0v) is 19.4. The number of halogens is 1. The molecule has 168 valence electrons. The van der Waals surface area contributed by atoms with Crippen LogP contribution in [0.2, 0.25) is 5.02 Å². The van der Waals surface area contributed by atoms with Gasteiger partial charge >= 0.3 is 0 Å². The number of aromatic nitrogens is 3. The molecule has 1 heterocycles. The van der Waals surface area contributed by atoms with Crippen LogP contribution in [0.5, 0.6) is 5.75 Å². The van der Waals surface area contributed by atoms with Crippen LogP contribution in [0, 0.1) is 24.0 Å². The summed E-state index contributed by atoms with van der Waals surface area (Å²) in [4.78, 5) is 22.7. The molecule has 0 aliphatic heterocycles. The second kappa shape index (κ2) is 10.5. The summed E-state index contributed by atoms with van der Waals surface area (Å²) < 4.78 is 7.73. The summed E-state index contributed by atoms with van der Waals surface area (Å²) >= 11 is 7.02. The van der Waals surface area contributed by atoms with E-state index in [1.807, 2.05) is 43.5 Å². The van der Waals surface area contributed by atoms with Gasteiger partial charge < -0.3 is 14.6 Å². The maximum Gasteiger partial charge on any atom is 0.289 e. The quantitative estimate of drug-likeness (QED) is 0.269. The lowest BCUT2D eigenvalue weighted by Gasteiger charge is -2.10. The zero-order valence-electron chi connectivity index (χ0n) is 17.8. The highest BCUT2D eigenvalue weighted by atomic mass is 35.5. The second-order valence-corrected chi connectivity index (χ2v) is 8.29. The number of nitrogens with one attached hydrogen (secondary N) is 1. The zero-order chi connectivity index (χ0) is 23.3. The summed E-state index contributed by atoms with van der Waals surface area (Å²) in [5, 5.41) is 22.6. The Bertz CT molecular complexity index is 1150. The first kappa shape index (κ1) is 23.6. The van der Waals surface area contributed by atoms with E-state index < -0.39 is 4.92 Å². The largest absolute Gasteiger partial charge is 0.486 e. The number of rotatable bonds is 9. The van der Waals surface area contributed by atoms with E-state index in [-0.39, 0.29) is 29.0 Å². The van der Waals surface area contributed by atoms with Gasteiger partial charge in [0.05, 0.1) is 10.7 Å². The van der Waals surface area contributed by atoms with Gasteiger partial charge in [-0.25, -0.2) is 0 Å². The van der Waals surface area contributed by atoms with Crippen LogP contribution >= 0.6 is 23.4 Å². The molecule has 0 fully saturated rings. The second-order valence-electron chi connectivity index (χ2n) is 6.94. The van der Waals surface area contributed by atoms with Crippen molar-refractivity contribution in [3.63, 3.8) is 0 Å². The van der Waals surface area contributed by atoms with Crippen LogP contribution in [0.25, 0.3) is 0 Å². The molecule has 0 radical (unpaired) electrons. The highest BCUT2D eigenvalue weighted by Gasteiger charge is 2.16. The lowest BCUT2D eigenvalue weighted by molar-refractivity contribution is -0.384. The molecule has 0 saturated carbocycles. The predicted octanol–water partition coefficient (Wildman–Crippen LogP) is 4.79. The van der Waals surface area contributed by atoms with Gasteiger partial charge in [0.1, 0.15) is 17.4 Å². The third kappa shape index (κ3) is 5.77. The Morgan fingerprint density at radius 1 is 1.22 bits per heavy atom. The fourth-order valence-electron chi connectivity index (χ4n) is 2.86. The minimum Gasteiger partial charge on any atom is -0.486 e. The van der Waals surface area contributed by atoms with Crippen LogP contribution in [0.15, 0.2) is 41.6 Å². The lowest BCUT2D eigenvalue weighted by atomic mass is 10.1. The topological polar surface area (TPSA) is 112 Å². The van der Waals surface area contributed by atoms with Gasteiger partial charge in [0, 0.05) is 18.3 Å². The molecule has 0 bridgehead atoms. The van der Waals surface area contributed by atoms with E-state index in [4.69, 9.17) is 16.3 Å². The number of nitro benzene ring substituents is 1. The maximum atomic E-state index is 12.3. The third-order valence-electron chi connectivity index (χ3n) is 4.71. The monoisotopic (exact) mass is 475 g/mol. The van der Waals surface area contributed by atoms with Gasteiger partial charge in [-0.1, -0.05) is 29.4 Å². The molecule has 3 aromatic rings. The van der Waals surface area contributed by atoms with Crippen molar-refractivity contribution in [2.75, 3.05) is 11.1 Å². The number of hydrogen-bond donors (Lipinski definition) is 1. The summed E-state index contributed by atoms with van der Waals surface area (Å²) in [6.45, 7) is 6.90. The highest BCUT2D eigenvalue weighted by molar-refractivity contribution is 7.99. The number of nitrogens with zero attached hydrogens (tertiary/aromatic N) is 4. The molecule has 0 spiro atoms. The average molecular weight is 476 g/mol. The first-order valence-corrected chi connectivity index (χ1v) is 11.1. The molecule has 1 amide bonds. The molecule has 32 heavy (non-hydrogen) atoms. The van der Waals surface area contributed by atoms with Crippen molar-refractivity contribution >= 4 is 40.6 Å². The molecule has 0 saturated heterocycles. The van der Waals surface area contributed by atoms with E-state index in [2.05, 4.69) is 15.5 Å². The molecule has 9 nitrogen and oxygen atoms in total. The fraction of sp³-hybridized carbons (Fsp3) is 0.286. The van der Waals surface area contributed by atoms with E-state index in [9.17, 15) is 14.9 Å². The Kier molecular flexibility index (Phi) is 7.70. The number of benzene rings is 2. The maximum absolute atomic E-state index is 12.3. The van der Waals surface area contributed by atoms with Crippen molar-refractivity contribution in [3.8, 4) is 5.75 Å².